The van der Waals surface area contributed by atoms with E-state index in [1.54, 1.807) is 31.0 Å². The van der Waals surface area contributed by atoms with Crippen molar-refractivity contribution in [2.45, 2.75) is 19.9 Å². The van der Waals surface area contributed by atoms with Gasteiger partial charge >= 0.3 is 0 Å². The molecule has 1 aromatic carbocycles. The van der Waals surface area contributed by atoms with E-state index in [0.717, 1.165) is 5.52 Å². The van der Waals surface area contributed by atoms with Gasteiger partial charge in [-0.3, -0.25) is 9.59 Å². The first-order valence-corrected chi connectivity index (χ1v) is 7.54. The Balaban J connectivity index is 2.46. The number of methoxy groups -OCH3 is 1. The number of nitrogens with one attached hydrogen (secondary N) is 1. The Morgan fingerprint density at radius 2 is 2.13 bits per heavy atom. The van der Waals surface area contributed by atoms with E-state index < -0.39 is 5.91 Å². The van der Waals surface area contributed by atoms with E-state index >= 15 is 0 Å². The van der Waals surface area contributed by atoms with Crippen LogP contribution in [-0.2, 0) is 11.8 Å². The van der Waals surface area contributed by atoms with Crippen LogP contribution >= 0.6 is 0 Å². The van der Waals surface area contributed by atoms with E-state index in [1.165, 1.54) is 0 Å². The highest BCUT2D eigenvalue weighted by Crippen LogP contribution is 2.18. The van der Waals surface area contributed by atoms with Crippen LogP contribution in [0.3, 0.4) is 0 Å². The van der Waals surface area contributed by atoms with Crippen molar-refractivity contribution in [2.24, 2.45) is 7.05 Å². The summed E-state index contributed by atoms with van der Waals surface area (Å²) in [6.45, 7) is 4.60. The van der Waals surface area contributed by atoms with Crippen LogP contribution in [-0.4, -0.2) is 36.8 Å². The molecule has 1 atom stereocenters. The number of fused-ring (bicyclic) bond motifs is 1. The molecule has 1 N–H and O–H groups in total. The summed E-state index contributed by atoms with van der Waals surface area (Å²) in [5, 5.41) is 3.22. The number of carbonyl (C=O) groups excluding carboxylic acids is 1. The van der Waals surface area contributed by atoms with Crippen molar-refractivity contribution in [2.75, 3.05) is 20.3 Å². The number of aryl methyl sites for hydroxylation is 1. The summed E-state index contributed by atoms with van der Waals surface area (Å²) in [7, 11) is 3.37. The minimum absolute atomic E-state index is 0.108. The predicted molar refractivity (Wildman–Crippen MR) is 89.2 cm³/mol. The highest BCUT2D eigenvalue weighted by molar-refractivity contribution is 5.97. The molecule has 0 aliphatic rings. The molecule has 2 aromatic rings. The molecule has 0 aliphatic carbocycles. The van der Waals surface area contributed by atoms with Crippen molar-refractivity contribution in [3.05, 3.63) is 40.2 Å². The fourth-order valence-electron chi connectivity index (χ4n) is 2.48. The molecule has 0 bridgehead atoms. The van der Waals surface area contributed by atoms with Gasteiger partial charge in [-0.05, 0) is 32.0 Å². The zero-order valence-electron chi connectivity index (χ0n) is 13.9. The van der Waals surface area contributed by atoms with Crippen molar-refractivity contribution in [1.29, 1.82) is 0 Å². The second-order valence-corrected chi connectivity index (χ2v) is 5.42. The van der Waals surface area contributed by atoms with Gasteiger partial charge in [-0.25, -0.2) is 0 Å². The lowest BCUT2D eigenvalue weighted by molar-refractivity contribution is 0.0904. The first-order valence-electron chi connectivity index (χ1n) is 7.54. The van der Waals surface area contributed by atoms with Gasteiger partial charge in [0, 0.05) is 26.4 Å². The Labute approximate surface area is 135 Å². The third kappa shape index (κ3) is 3.71. The van der Waals surface area contributed by atoms with Gasteiger partial charge < -0.3 is 19.4 Å². The standard InChI is InChI=1S/C17H22N2O4/c1-5-23-12-6-7-15-13(8-12)16(20)14(9-19(15)3)17(21)18-11(2)10-22-4/h6-9,11H,5,10H2,1-4H3,(H,18,21). The lowest BCUT2D eigenvalue weighted by Crippen LogP contribution is -2.38. The minimum Gasteiger partial charge on any atom is -0.494 e. The molecule has 1 unspecified atom stereocenters. The number of rotatable bonds is 6. The van der Waals surface area contributed by atoms with E-state index in [2.05, 4.69) is 5.32 Å². The van der Waals surface area contributed by atoms with Crippen LogP contribution in [0.15, 0.2) is 29.2 Å². The number of carbonyl (C=O) groups is 1. The smallest absolute Gasteiger partial charge is 0.257 e. The van der Waals surface area contributed by atoms with E-state index in [-0.39, 0.29) is 17.0 Å². The highest BCUT2D eigenvalue weighted by Gasteiger charge is 2.16. The van der Waals surface area contributed by atoms with E-state index in [4.69, 9.17) is 9.47 Å². The summed E-state index contributed by atoms with van der Waals surface area (Å²) in [5.41, 5.74) is 0.554. The average molecular weight is 318 g/mol. The Morgan fingerprint density at radius 1 is 1.39 bits per heavy atom. The quantitative estimate of drug-likeness (QED) is 0.880. The fourth-order valence-corrected chi connectivity index (χ4v) is 2.48. The van der Waals surface area contributed by atoms with Gasteiger partial charge in [0.2, 0.25) is 5.43 Å². The molecule has 6 heteroatoms. The fraction of sp³-hybridized carbons (Fsp3) is 0.412. The van der Waals surface area contributed by atoms with Gasteiger partial charge in [-0.2, -0.15) is 0 Å². The van der Waals surface area contributed by atoms with Crippen LogP contribution in [0.25, 0.3) is 10.9 Å². The van der Waals surface area contributed by atoms with Crippen LogP contribution in [0.4, 0.5) is 0 Å². The molecule has 0 saturated carbocycles. The number of amides is 1. The molecule has 0 spiro atoms. The molecule has 0 saturated heterocycles. The van der Waals surface area contributed by atoms with Crippen LogP contribution in [0.5, 0.6) is 5.75 Å². The molecule has 23 heavy (non-hydrogen) atoms. The predicted octanol–water partition coefficient (Wildman–Crippen LogP) is 1.70. The normalized spacial score (nSPS) is 12.2. The van der Waals surface area contributed by atoms with Crippen LogP contribution in [0, 0.1) is 0 Å². The Morgan fingerprint density at radius 3 is 2.78 bits per heavy atom. The highest BCUT2D eigenvalue weighted by atomic mass is 16.5. The lowest BCUT2D eigenvalue weighted by Gasteiger charge is -2.14. The molecular weight excluding hydrogens is 296 g/mol. The zero-order chi connectivity index (χ0) is 17.0. The first-order chi connectivity index (χ1) is 11.0. The van der Waals surface area contributed by atoms with E-state index in [9.17, 15) is 9.59 Å². The number of nitrogens with zero attached hydrogens (tertiary/aromatic N) is 1. The molecule has 0 aliphatic heterocycles. The number of benzene rings is 1. The number of ether oxygens (including phenoxy) is 2. The van der Waals surface area contributed by atoms with E-state index in [0.29, 0.717) is 24.3 Å². The number of hydrogen-bond donors (Lipinski definition) is 1. The van der Waals surface area contributed by atoms with Crippen LogP contribution in [0.1, 0.15) is 24.2 Å². The summed E-state index contributed by atoms with van der Waals surface area (Å²) < 4.78 is 12.2. The largest absolute Gasteiger partial charge is 0.494 e. The van der Waals surface area contributed by atoms with Crippen molar-refractivity contribution < 1.29 is 14.3 Å². The second kappa shape index (κ2) is 7.28. The summed E-state index contributed by atoms with van der Waals surface area (Å²) in [4.78, 5) is 25.0. The Bertz CT molecular complexity index is 767. The number of hydrogen-bond acceptors (Lipinski definition) is 4. The Hall–Kier alpha value is -2.34. The van der Waals surface area contributed by atoms with Crippen LogP contribution in [0.2, 0.25) is 0 Å². The average Bonchev–Trinajstić information content (AvgIpc) is 2.51. The summed E-state index contributed by atoms with van der Waals surface area (Å²) in [6, 6.07) is 5.13. The van der Waals surface area contributed by atoms with Crippen LogP contribution < -0.4 is 15.5 Å². The van der Waals surface area contributed by atoms with Gasteiger partial charge in [-0.1, -0.05) is 0 Å². The van der Waals surface area contributed by atoms with E-state index in [1.807, 2.05) is 26.0 Å². The zero-order valence-corrected chi connectivity index (χ0v) is 13.9. The second-order valence-electron chi connectivity index (χ2n) is 5.42. The van der Waals surface area contributed by atoms with Crippen molar-refractivity contribution in [3.63, 3.8) is 0 Å². The molecular formula is C17H22N2O4. The van der Waals surface area contributed by atoms with Crippen molar-refractivity contribution in [3.8, 4) is 5.75 Å². The minimum atomic E-state index is -0.404. The lowest BCUT2D eigenvalue weighted by atomic mass is 10.1. The maximum atomic E-state index is 12.7. The SMILES string of the molecule is CCOc1ccc2c(c1)c(=O)c(C(=O)NC(C)COC)cn2C. The molecule has 6 nitrogen and oxygen atoms in total. The van der Waals surface area contributed by atoms with Crippen molar-refractivity contribution >= 4 is 16.8 Å². The molecule has 0 fully saturated rings. The maximum Gasteiger partial charge on any atom is 0.257 e. The first kappa shape index (κ1) is 17.0. The van der Waals surface area contributed by atoms with Gasteiger partial charge in [0.05, 0.1) is 24.1 Å². The van der Waals surface area contributed by atoms with Gasteiger partial charge in [0.15, 0.2) is 0 Å². The van der Waals surface area contributed by atoms with Gasteiger partial charge in [-0.15, -0.1) is 0 Å². The van der Waals surface area contributed by atoms with Gasteiger partial charge in [0.25, 0.3) is 5.91 Å². The molecule has 1 aromatic heterocycles. The maximum absolute atomic E-state index is 12.7. The Kier molecular flexibility index (Phi) is 5.39. The topological polar surface area (TPSA) is 69.6 Å². The molecule has 1 heterocycles. The summed E-state index contributed by atoms with van der Waals surface area (Å²) in [5.74, 6) is 0.210. The number of aromatic nitrogens is 1. The monoisotopic (exact) mass is 318 g/mol. The molecule has 0 radical (unpaired) electrons. The third-order valence-corrected chi connectivity index (χ3v) is 3.51. The van der Waals surface area contributed by atoms with Crippen molar-refractivity contribution in [1.82, 2.24) is 9.88 Å². The molecule has 1 amide bonds. The summed E-state index contributed by atoms with van der Waals surface area (Å²) >= 11 is 0. The summed E-state index contributed by atoms with van der Waals surface area (Å²) in [6.07, 6.45) is 1.56. The number of pyridine rings is 1. The molecule has 124 valence electrons. The van der Waals surface area contributed by atoms with Gasteiger partial charge in [0.1, 0.15) is 11.3 Å². The third-order valence-electron chi connectivity index (χ3n) is 3.51. The molecule has 2 rings (SSSR count).